The molecule has 0 radical (unpaired) electrons. The van der Waals surface area contributed by atoms with E-state index in [4.69, 9.17) is 4.74 Å². The summed E-state index contributed by atoms with van der Waals surface area (Å²) < 4.78 is 7.52. The van der Waals surface area contributed by atoms with Crippen LogP contribution in [0.2, 0.25) is 0 Å². The summed E-state index contributed by atoms with van der Waals surface area (Å²) >= 11 is 3.29. The van der Waals surface area contributed by atoms with Gasteiger partial charge in [0.1, 0.15) is 0 Å². The molecule has 1 aromatic heterocycles. The molecule has 1 aromatic rings. The highest BCUT2D eigenvalue weighted by molar-refractivity contribution is 9.10. The van der Waals surface area contributed by atoms with Gasteiger partial charge in [0, 0.05) is 6.20 Å². The number of nitrogens with zero attached hydrogens (tertiary/aromatic N) is 2. The second-order valence-corrected chi connectivity index (χ2v) is 3.95. The van der Waals surface area contributed by atoms with Crippen molar-refractivity contribution in [3.05, 3.63) is 16.9 Å². The van der Waals surface area contributed by atoms with E-state index in [1.54, 1.807) is 17.8 Å². The van der Waals surface area contributed by atoms with Gasteiger partial charge in [-0.1, -0.05) is 6.92 Å². The number of hydrogen-bond donors (Lipinski definition) is 0. The smallest absolute Gasteiger partial charge is 0.310 e. The van der Waals surface area contributed by atoms with Crippen molar-refractivity contribution in [2.45, 2.75) is 20.4 Å². The summed E-state index contributed by atoms with van der Waals surface area (Å²) in [5, 5.41) is 4.06. The number of carbonyl (C=O) groups excluding carboxylic acids is 1. The Labute approximate surface area is 91.4 Å². The van der Waals surface area contributed by atoms with Crippen molar-refractivity contribution >= 4 is 21.9 Å². The first-order valence-corrected chi connectivity index (χ1v) is 5.27. The number of halogens is 1. The highest BCUT2D eigenvalue weighted by atomic mass is 79.9. The molecular weight excluding hydrogens is 248 g/mol. The first-order chi connectivity index (χ1) is 6.63. The van der Waals surface area contributed by atoms with E-state index in [-0.39, 0.29) is 11.9 Å². The van der Waals surface area contributed by atoms with Gasteiger partial charge in [0.25, 0.3) is 0 Å². The highest BCUT2D eigenvalue weighted by Crippen LogP contribution is 2.09. The second kappa shape index (κ2) is 5.14. The lowest BCUT2D eigenvalue weighted by molar-refractivity contribution is -0.147. The van der Waals surface area contributed by atoms with E-state index in [9.17, 15) is 4.79 Å². The predicted molar refractivity (Wildman–Crippen MR) is 55.7 cm³/mol. The molecule has 5 heteroatoms. The SMILES string of the molecule is CCOC(=O)[C@H](C)Cn1cc(Br)cn1. The Bertz CT molecular complexity index is 312. The molecule has 0 bridgehead atoms. The zero-order chi connectivity index (χ0) is 10.6. The maximum atomic E-state index is 11.3. The van der Waals surface area contributed by atoms with Crippen molar-refractivity contribution in [3.63, 3.8) is 0 Å². The average Bonchev–Trinajstić information content (AvgIpc) is 2.51. The van der Waals surface area contributed by atoms with E-state index in [0.29, 0.717) is 13.2 Å². The van der Waals surface area contributed by atoms with Crippen LogP contribution >= 0.6 is 15.9 Å². The van der Waals surface area contributed by atoms with Crippen LogP contribution in [0.5, 0.6) is 0 Å². The van der Waals surface area contributed by atoms with Crippen LogP contribution < -0.4 is 0 Å². The van der Waals surface area contributed by atoms with Gasteiger partial charge in [-0.25, -0.2) is 0 Å². The highest BCUT2D eigenvalue weighted by Gasteiger charge is 2.14. The van der Waals surface area contributed by atoms with Crippen molar-refractivity contribution in [3.8, 4) is 0 Å². The summed E-state index contributed by atoms with van der Waals surface area (Å²) in [6, 6.07) is 0. The maximum Gasteiger partial charge on any atom is 0.310 e. The zero-order valence-electron chi connectivity index (χ0n) is 8.24. The first kappa shape index (κ1) is 11.2. The van der Waals surface area contributed by atoms with E-state index < -0.39 is 0 Å². The van der Waals surface area contributed by atoms with Crippen LogP contribution in [0.4, 0.5) is 0 Å². The third-order valence-electron chi connectivity index (χ3n) is 1.75. The number of ether oxygens (including phenoxy) is 1. The number of esters is 1. The van der Waals surface area contributed by atoms with E-state index in [2.05, 4.69) is 21.0 Å². The summed E-state index contributed by atoms with van der Waals surface area (Å²) in [5.41, 5.74) is 0. The van der Waals surface area contributed by atoms with E-state index >= 15 is 0 Å². The number of hydrogen-bond acceptors (Lipinski definition) is 3. The molecule has 0 aliphatic carbocycles. The molecule has 1 atom stereocenters. The van der Waals surface area contributed by atoms with Crippen LogP contribution in [0.25, 0.3) is 0 Å². The Kier molecular flexibility index (Phi) is 4.13. The summed E-state index contributed by atoms with van der Waals surface area (Å²) in [6.07, 6.45) is 3.52. The normalized spacial score (nSPS) is 12.5. The van der Waals surface area contributed by atoms with E-state index in [1.165, 1.54) is 0 Å². The van der Waals surface area contributed by atoms with Crippen LogP contribution in [-0.4, -0.2) is 22.4 Å². The van der Waals surface area contributed by atoms with Gasteiger partial charge in [-0.2, -0.15) is 5.10 Å². The molecule has 78 valence electrons. The molecule has 0 N–H and O–H groups in total. The van der Waals surface area contributed by atoms with Gasteiger partial charge in [-0.15, -0.1) is 0 Å². The Morgan fingerprint density at radius 1 is 1.79 bits per heavy atom. The largest absolute Gasteiger partial charge is 0.466 e. The molecule has 0 saturated carbocycles. The molecule has 4 nitrogen and oxygen atoms in total. The lowest BCUT2D eigenvalue weighted by Crippen LogP contribution is -2.20. The zero-order valence-corrected chi connectivity index (χ0v) is 9.82. The maximum absolute atomic E-state index is 11.3. The number of rotatable bonds is 4. The van der Waals surface area contributed by atoms with Crippen LogP contribution in [0.1, 0.15) is 13.8 Å². The number of aromatic nitrogens is 2. The minimum absolute atomic E-state index is 0.165. The van der Waals surface area contributed by atoms with Gasteiger partial charge in [-0.3, -0.25) is 9.48 Å². The third-order valence-corrected chi connectivity index (χ3v) is 2.16. The Balaban J connectivity index is 2.48. The molecule has 0 spiro atoms. The van der Waals surface area contributed by atoms with Gasteiger partial charge < -0.3 is 4.74 Å². The Morgan fingerprint density at radius 3 is 3.00 bits per heavy atom. The predicted octanol–water partition coefficient (Wildman–Crippen LogP) is 1.84. The van der Waals surface area contributed by atoms with Crippen molar-refractivity contribution in [2.24, 2.45) is 5.92 Å². The summed E-state index contributed by atoms with van der Waals surface area (Å²) in [7, 11) is 0. The summed E-state index contributed by atoms with van der Waals surface area (Å²) in [6.45, 7) is 4.60. The second-order valence-electron chi connectivity index (χ2n) is 3.03. The van der Waals surface area contributed by atoms with E-state index in [1.807, 2.05) is 13.1 Å². The lowest BCUT2D eigenvalue weighted by Gasteiger charge is -2.09. The molecule has 1 rings (SSSR count). The molecule has 0 aliphatic rings. The van der Waals surface area contributed by atoms with Gasteiger partial charge in [0.2, 0.25) is 0 Å². The van der Waals surface area contributed by atoms with Crippen molar-refractivity contribution < 1.29 is 9.53 Å². The van der Waals surface area contributed by atoms with Crippen molar-refractivity contribution in [1.82, 2.24) is 9.78 Å². The molecular formula is C9H13BrN2O2. The summed E-state index contributed by atoms with van der Waals surface area (Å²) in [4.78, 5) is 11.3. The summed E-state index contributed by atoms with van der Waals surface area (Å²) in [5.74, 6) is -0.346. The molecule has 0 saturated heterocycles. The minimum atomic E-state index is -0.181. The molecule has 0 aliphatic heterocycles. The molecule has 0 aromatic carbocycles. The fourth-order valence-corrected chi connectivity index (χ4v) is 1.41. The molecule has 1 heterocycles. The van der Waals surface area contributed by atoms with Gasteiger partial charge >= 0.3 is 5.97 Å². The Morgan fingerprint density at radius 2 is 2.50 bits per heavy atom. The van der Waals surface area contributed by atoms with Crippen LogP contribution in [0.15, 0.2) is 16.9 Å². The van der Waals surface area contributed by atoms with Gasteiger partial charge in [0.05, 0.1) is 29.7 Å². The monoisotopic (exact) mass is 260 g/mol. The number of carbonyl (C=O) groups is 1. The topological polar surface area (TPSA) is 44.1 Å². The molecule has 0 unspecified atom stereocenters. The van der Waals surface area contributed by atoms with Crippen molar-refractivity contribution in [2.75, 3.05) is 6.61 Å². The molecule has 0 fully saturated rings. The standard InChI is InChI=1S/C9H13BrN2O2/c1-3-14-9(13)7(2)5-12-6-8(10)4-11-12/h4,6-7H,3,5H2,1-2H3/t7-/m1/s1. The van der Waals surface area contributed by atoms with E-state index in [0.717, 1.165) is 4.47 Å². The first-order valence-electron chi connectivity index (χ1n) is 4.48. The molecule has 14 heavy (non-hydrogen) atoms. The Hall–Kier alpha value is -0.840. The fourth-order valence-electron chi connectivity index (χ4n) is 1.08. The van der Waals surface area contributed by atoms with Crippen LogP contribution in [0.3, 0.4) is 0 Å². The van der Waals surface area contributed by atoms with Gasteiger partial charge in [-0.05, 0) is 22.9 Å². The molecule has 0 amide bonds. The lowest BCUT2D eigenvalue weighted by atomic mass is 10.2. The van der Waals surface area contributed by atoms with Crippen LogP contribution in [-0.2, 0) is 16.1 Å². The van der Waals surface area contributed by atoms with Crippen LogP contribution in [0, 0.1) is 5.92 Å². The third kappa shape index (κ3) is 3.14. The van der Waals surface area contributed by atoms with Crippen molar-refractivity contribution in [1.29, 1.82) is 0 Å². The minimum Gasteiger partial charge on any atom is -0.466 e. The quantitative estimate of drug-likeness (QED) is 0.777. The fraction of sp³-hybridized carbons (Fsp3) is 0.556. The average molecular weight is 261 g/mol. The van der Waals surface area contributed by atoms with Gasteiger partial charge in [0.15, 0.2) is 0 Å².